The van der Waals surface area contributed by atoms with Crippen molar-refractivity contribution in [3.05, 3.63) is 42.2 Å². The fraction of sp³-hybridized carbons (Fsp3) is 0.583. The third-order valence-corrected chi connectivity index (χ3v) is 6.75. The number of hydrogen-bond donors (Lipinski definition) is 0. The molecular weight excluding hydrogens is 374 g/mol. The van der Waals surface area contributed by atoms with Gasteiger partial charge in [0.1, 0.15) is 6.33 Å². The molecule has 2 fully saturated rings. The van der Waals surface area contributed by atoms with Gasteiger partial charge in [0.2, 0.25) is 5.91 Å². The van der Waals surface area contributed by atoms with Gasteiger partial charge in [0.15, 0.2) is 0 Å². The first-order valence-corrected chi connectivity index (χ1v) is 11.3. The Morgan fingerprint density at radius 3 is 2.43 bits per heavy atom. The Labute approximate surface area is 179 Å². The Balaban J connectivity index is 1.34. The summed E-state index contributed by atoms with van der Waals surface area (Å²) >= 11 is 0. The molecule has 0 radical (unpaired) electrons. The highest BCUT2D eigenvalue weighted by atomic mass is 16.2. The van der Waals surface area contributed by atoms with Gasteiger partial charge >= 0.3 is 0 Å². The monoisotopic (exact) mass is 407 g/mol. The lowest BCUT2D eigenvalue weighted by atomic mass is 9.91. The molecule has 0 unspecified atom stereocenters. The molecule has 2 aliphatic rings. The zero-order valence-corrected chi connectivity index (χ0v) is 18.3. The van der Waals surface area contributed by atoms with Gasteiger partial charge in [0, 0.05) is 48.4 Å². The molecule has 0 atom stereocenters. The van der Waals surface area contributed by atoms with Crippen LogP contribution in [0.5, 0.6) is 0 Å². The van der Waals surface area contributed by atoms with Crippen LogP contribution in [0.2, 0.25) is 0 Å². The molecule has 1 aliphatic heterocycles. The fourth-order valence-corrected chi connectivity index (χ4v) is 4.88. The van der Waals surface area contributed by atoms with Crippen LogP contribution in [0.15, 0.2) is 30.9 Å². The number of nitrogens with zero attached hydrogens (tertiary/aromatic N) is 5. The van der Waals surface area contributed by atoms with E-state index in [2.05, 4.69) is 27.0 Å². The minimum absolute atomic E-state index is 0.278. The summed E-state index contributed by atoms with van der Waals surface area (Å²) < 4.78 is 0. The first-order valence-electron chi connectivity index (χ1n) is 11.3. The van der Waals surface area contributed by atoms with Crippen molar-refractivity contribution in [1.29, 1.82) is 0 Å². The maximum absolute atomic E-state index is 12.8. The molecule has 2 aromatic heterocycles. The number of carbonyl (C=O) groups excluding carboxylic acids is 1. The molecule has 1 saturated heterocycles. The van der Waals surface area contributed by atoms with E-state index in [1.807, 2.05) is 31.3 Å². The summed E-state index contributed by atoms with van der Waals surface area (Å²) in [7, 11) is 2.00. The van der Waals surface area contributed by atoms with Gasteiger partial charge in [0.05, 0.1) is 6.54 Å². The smallest absolute Gasteiger partial charge is 0.236 e. The molecular formula is C24H33N5O. The van der Waals surface area contributed by atoms with Crippen molar-refractivity contribution in [3.8, 4) is 11.1 Å². The Kier molecular flexibility index (Phi) is 6.72. The number of rotatable bonds is 5. The van der Waals surface area contributed by atoms with Gasteiger partial charge in [-0.05, 0) is 63.4 Å². The maximum Gasteiger partial charge on any atom is 0.236 e. The van der Waals surface area contributed by atoms with Gasteiger partial charge in [-0.3, -0.25) is 14.7 Å². The first-order chi connectivity index (χ1) is 14.6. The number of likely N-dealkylation sites (N-methyl/N-ethyl adjacent to an activating group) is 1. The number of carbonyl (C=O) groups is 1. The second kappa shape index (κ2) is 9.65. The van der Waals surface area contributed by atoms with Crippen molar-refractivity contribution in [1.82, 2.24) is 24.8 Å². The predicted molar refractivity (Wildman–Crippen MR) is 118 cm³/mol. The largest absolute Gasteiger partial charge is 0.342 e. The maximum atomic E-state index is 12.8. The van der Waals surface area contributed by atoms with Crippen LogP contribution in [0, 0.1) is 6.92 Å². The number of likely N-dealkylation sites (tertiary alicyclic amines) is 1. The zero-order chi connectivity index (χ0) is 20.9. The second-order valence-corrected chi connectivity index (χ2v) is 8.90. The van der Waals surface area contributed by atoms with Gasteiger partial charge in [-0.25, -0.2) is 9.97 Å². The van der Waals surface area contributed by atoms with Crippen molar-refractivity contribution in [2.75, 3.05) is 26.7 Å². The molecule has 160 valence electrons. The highest BCUT2D eigenvalue weighted by Gasteiger charge is 2.27. The molecule has 0 aromatic carbocycles. The van der Waals surface area contributed by atoms with Crippen molar-refractivity contribution in [3.63, 3.8) is 0 Å². The summed E-state index contributed by atoms with van der Waals surface area (Å²) in [6, 6.07) is 4.73. The molecule has 4 rings (SSSR count). The van der Waals surface area contributed by atoms with E-state index >= 15 is 0 Å². The Bertz CT molecular complexity index is 842. The topological polar surface area (TPSA) is 62.2 Å². The van der Waals surface area contributed by atoms with E-state index in [4.69, 9.17) is 4.98 Å². The predicted octanol–water partition coefficient (Wildman–Crippen LogP) is 3.82. The minimum Gasteiger partial charge on any atom is -0.342 e. The average molecular weight is 408 g/mol. The van der Waals surface area contributed by atoms with Crippen molar-refractivity contribution >= 4 is 5.91 Å². The summed E-state index contributed by atoms with van der Waals surface area (Å²) in [6.45, 7) is 4.50. The van der Waals surface area contributed by atoms with E-state index in [-0.39, 0.29) is 5.91 Å². The van der Waals surface area contributed by atoms with E-state index in [1.165, 1.54) is 19.3 Å². The average Bonchev–Trinajstić information content (AvgIpc) is 2.80. The van der Waals surface area contributed by atoms with Crippen LogP contribution in [-0.2, 0) is 4.79 Å². The summed E-state index contributed by atoms with van der Waals surface area (Å²) in [6.07, 6.45) is 13.5. The molecule has 0 spiro atoms. The van der Waals surface area contributed by atoms with Crippen LogP contribution >= 0.6 is 0 Å². The van der Waals surface area contributed by atoms with E-state index in [0.717, 1.165) is 61.3 Å². The number of amides is 1. The molecule has 6 heteroatoms. The highest BCUT2D eigenvalue weighted by Crippen LogP contribution is 2.30. The van der Waals surface area contributed by atoms with Crippen LogP contribution in [0.25, 0.3) is 11.1 Å². The van der Waals surface area contributed by atoms with Gasteiger partial charge in [-0.15, -0.1) is 0 Å². The van der Waals surface area contributed by atoms with Crippen LogP contribution in [0.1, 0.15) is 62.3 Å². The molecule has 6 nitrogen and oxygen atoms in total. The fourth-order valence-electron chi connectivity index (χ4n) is 4.88. The minimum atomic E-state index is 0.278. The summed E-state index contributed by atoms with van der Waals surface area (Å²) in [5.74, 6) is 0.719. The van der Waals surface area contributed by atoms with Crippen LogP contribution in [0.3, 0.4) is 0 Å². The molecule has 2 aromatic rings. The highest BCUT2D eigenvalue weighted by molar-refractivity contribution is 5.78. The third-order valence-electron chi connectivity index (χ3n) is 6.75. The van der Waals surface area contributed by atoms with Crippen molar-refractivity contribution in [2.24, 2.45) is 0 Å². The molecule has 1 aliphatic carbocycles. The summed E-state index contributed by atoms with van der Waals surface area (Å²) in [4.78, 5) is 30.2. The van der Waals surface area contributed by atoms with Gasteiger partial charge in [0.25, 0.3) is 0 Å². The Hall–Kier alpha value is -2.34. The molecule has 0 bridgehead atoms. The molecule has 3 heterocycles. The third kappa shape index (κ3) is 5.04. The lowest BCUT2D eigenvalue weighted by Gasteiger charge is -2.35. The lowest BCUT2D eigenvalue weighted by molar-refractivity contribution is -0.134. The van der Waals surface area contributed by atoms with Gasteiger partial charge in [-0.2, -0.15) is 0 Å². The quantitative estimate of drug-likeness (QED) is 0.754. The van der Waals surface area contributed by atoms with Crippen LogP contribution in [-0.4, -0.2) is 63.4 Å². The number of aromatic nitrogens is 3. The second-order valence-electron chi connectivity index (χ2n) is 8.90. The normalized spacial score (nSPS) is 19.0. The standard InChI is InChI=1S/C24H33N5O/c1-18-12-20(21-14-25-17-26-15-21)13-23(27-18)19-8-10-29(11-9-19)16-24(30)28(2)22-6-4-3-5-7-22/h12-15,17,19,22H,3-11,16H2,1-2H3. The van der Waals surface area contributed by atoms with Crippen molar-refractivity contribution in [2.45, 2.75) is 63.8 Å². The zero-order valence-electron chi connectivity index (χ0n) is 18.3. The van der Waals surface area contributed by atoms with Crippen LogP contribution < -0.4 is 0 Å². The molecule has 1 saturated carbocycles. The first kappa shape index (κ1) is 20.9. The van der Waals surface area contributed by atoms with Crippen LogP contribution in [0.4, 0.5) is 0 Å². The Morgan fingerprint density at radius 2 is 1.73 bits per heavy atom. The number of aryl methyl sites for hydroxylation is 1. The van der Waals surface area contributed by atoms with E-state index in [9.17, 15) is 4.79 Å². The van der Waals surface area contributed by atoms with Gasteiger partial charge in [-0.1, -0.05) is 19.3 Å². The Morgan fingerprint density at radius 1 is 1.03 bits per heavy atom. The van der Waals surface area contributed by atoms with E-state index in [0.29, 0.717) is 18.5 Å². The molecule has 0 N–H and O–H groups in total. The van der Waals surface area contributed by atoms with Crippen molar-refractivity contribution < 1.29 is 4.79 Å². The number of pyridine rings is 1. The summed E-state index contributed by atoms with van der Waals surface area (Å²) in [5.41, 5.74) is 4.33. The van der Waals surface area contributed by atoms with Gasteiger partial charge < -0.3 is 4.90 Å². The summed E-state index contributed by atoms with van der Waals surface area (Å²) in [5, 5.41) is 0. The number of hydrogen-bond acceptors (Lipinski definition) is 5. The molecule has 30 heavy (non-hydrogen) atoms. The molecule has 1 amide bonds. The van der Waals surface area contributed by atoms with E-state index in [1.54, 1.807) is 6.33 Å². The van der Waals surface area contributed by atoms with E-state index < -0.39 is 0 Å². The lowest BCUT2D eigenvalue weighted by Crippen LogP contribution is -2.45. The SMILES string of the molecule is Cc1cc(-c2cncnc2)cc(C2CCN(CC(=O)N(C)C3CCCCC3)CC2)n1. The number of piperidine rings is 1.